The van der Waals surface area contributed by atoms with Gasteiger partial charge in [0.15, 0.2) is 0 Å². The number of halogens is 1. The van der Waals surface area contributed by atoms with Crippen molar-refractivity contribution < 1.29 is 17.9 Å². The molecule has 6 nitrogen and oxygen atoms in total. The summed E-state index contributed by atoms with van der Waals surface area (Å²) in [6, 6.07) is 7.84. The molecule has 1 aromatic carbocycles. The van der Waals surface area contributed by atoms with Gasteiger partial charge in [0.25, 0.3) is 0 Å². The molecule has 0 saturated heterocycles. The summed E-state index contributed by atoms with van der Waals surface area (Å²) in [5.41, 5.74) is 0.414. The van der Waals surface area contributed by atoms with Crippen molar-refractivity contribution in [3.63, 3.8) is 0 Å². The fraction of sp³-hybridized carbons (Fsp3) is 0.267. The van der Waals surface area contributed by atoms with Crippen LogP contribution in [-0.4, -0.2) is 32.8 Å². The number of ether oxygens (including phenoxy) is 1. The van der Waals surface area contributed by atoms with Gasteiger partial charge >= 0.3 is 0 Å². The second-order valence-corrected chi connectivity index (χ2v) is 8.85. The molecule has 2 rings (SSSR count). The van der Waals surface area contributed by atoms with Crippen molar-refractivity contribution in [3.8, 4) is 5.75 Å². The quantitative estimate of drug-likeness (QED) is 0.824. The second-order valence-electron chi connectivity index (χ2n) is 5.01. The number of benzene rings is 1. The van der Waals surface area contributed by atoms with Crippen molar-refractivity contribution in [3.05, 3.63) is 39.5 Å². The molecular weight excluding hydrogens is 372 g/mol. The summed E-state index contributed by atoms with van der Waals surface area (Å²) in [6.07, 6.45) is 0. The van der Waals surface area contributed by atoms with Crippen LogP contribution >= 0.6 is 22.9 Å². The van der Waals surface area contributed by atoms with E-state index < -0.39 is 10.0 Å². The molecule has 130 valence electrons. The molecule has 1 N–H and O–H groups in total. The van der Waals surface area contributed by atoms with E-state index in [2.05, 4.69) is 5.32 Å². The van der Waals surface area contributed by atoms with E-state index in [0.29, 0.717) is 10.0 Å². The van der Waals surface area contributed by atoms with Crippen LogP contribution in [0.4, 0.5) is 5.69 Å². The highest BCUT2D eigenvalue weighted by atomic mass is 35.5. The summed E-state index contributed by atoms with van der Waals surface area (Å²) >= 11 is 7.20. The third kappa shape index (κ3) is 4.27. The lowest BCUT2D eigenvalue weighted by Gasteiger charge is -2.18. The minimum atomic E-state index is -3.70. The fourth-order valence-corrected chi connectivity index (χ4v) is 4.43. The smallest absolute Gasteiger partial charge is 0.243 e. The van der Waals surface area contributed by atoms with E-state index in [9.17, 15) is 13.2 Å². The predicted molar refractivity (Wildman–Crippen MR) is 95.3 cm³/mol. The number of anilines is 1. The summed E-state index contributed by atoms with van der Waals surface area (Å²) in [5, 5.41) is 2.59. The molecule has 0 aliphatic rings. The normalized spacial score (nSPS) is 11.5. The Balaban J connectivity index is 2.29. The lowest BCUT2D eigenvalue weighted by molar-refractivity contribution is -0.114. The molecular formula is C15H17ClN2O4S2. The van der Waals surface area contributed by atoms with Crippen molar-refractivity contribution in [2.75, 3.05) is 19.5 Å². The van der Waals surface area contributed by atoms with Crippen molar-refractivity contribution in [2.24, 2.45) is 0 Å². The predicted octanol–water partition coefficient (Wildman–Crippen LogP) is 3.19. The number of carbonyl (C=O) groups is 1. The zero-order chi connectivity index (χ0) is 17.9. The van der Waals surface area contributed by atoms with E-state index in [4.69, 9.17) is 16.3 Å². The Hall–Kier alpha value is -1.61. The summed E-state index contributed by atoms with van der Waals surface area (Å²) in [7, 11) is -0.793. The van der Waals surface area contributed by atoms with Gasteiger partial charge in [-0.1, -0.05) is 11.6 Å². The third-order valence-electron chi connectivity index (χ3n) is 3.20. The minimum absolute atomic E-state index is 0.0820. The molecule has 0 spiro atoms. The SMILES string of the molecule is COc1cc(S(=O)(=O)N(C)Cc2ccc(Cl)s2)ccc1NC(C)=O. The third-order valence-corrected chi connectivity index (χ3v) is 6.21. The molecule has 1 aromatic heterocycles. The number of sulfonamides is 1. The Bertz CT molecular complexity index is 849. The first-order chi connectivity index (χ1) is 11.2. The molecule has 0 bridgehead atoms. The van der Waals surface area contributed by atoms with Gasteiger partial charge in [0, 0.05) is 31.5 Å². The van der Waals surface area contributed by atoms with Crippen LogP contribution in [0.25, 0.3) is 0 Å². The highest BCUT2D eigenvalue weighted by Crippen LogP contribution is 2.30. The van der Waals surface area contributed by atoms with Crippen molar-refractivity contribution >= 4 is 44.6 Å². The van der Waals surface area contributed by atoms with Gasteiger partial charge in [-0.25, -0.2) is 8.42 Å². The fourth-order valence-electron chi connectivity index (χ4n) is 2.05. The standard InChI is InChI=1S/C15H17ClN2O4S2/c1-10(19)17-13-6-5-12(8-14(13)22-3)24(20,21)18(2)9-11-4-7-15(16)23-11/h4-8H,9H2,1-3H3,(H,17,19). The van der Waals surface area contributed by atoms with Crippen molar-refractivity contribution in [1.29, 1.82) is 0 Å². The van der Waals surface area contributed by atoms with Crippen LogP contribution in [0.5, 0.6) is 5.75 Å². The Morgan fingerprint density at radius 1 is 1.33 bits per heavy atom. The molecule has 1 heterocycles. The van der Waals surface area contributed by atoms with Crippen LogP contribution in [0.2, 0.25) is 4.34 Å². The van der Waals surface area contributed by atoms with Crippen LogP contribution in [0.15, 0.2) is 35.2 Å². The average Bonchev–Trinajstić information content (AvgIpc) is 2.92. The zero-order valence-electron chi connectivity index (χ0n) is 13.4. The van der Waals surface area contributed by atoms with E-state index in [0.717, 1.165) is 4.88 Å². The van der Waals surface area contributed by atoms with E-state index in [1.807, 2.05) is 0 Å². The Morgan fingerprint density at radius 3 is 2.58 bits per heavy atom. The van der Waals surface area contributed by atoms with E-state index in [1.165, 1.54) is 54.9 Å². The summed E-state index contributed by atoms with van der Waals surface area (Å²) < 4.78 is 32.4. The first-order valence-electron chi connectivity index (χ1n) is 6.90. The Morgan fingerprint density at radius 2 is 2.04 bits per heavy atom. The molecule has 0 atom stereocenters. The second kappa shape index (κ2) is 7.52. The number of rotatable bonds is 6. The van der Waals surface area contributed by atoms with E-state index in [-0.39, 0.29) is 23.1 Å². The van der Waals surface area contributed by atoms with E-state index >= 15 is 0 Å². The van der Waals surface area contributed by atoms with Gasteiger partial charge in [0.1, 0.15) is 5.75 Å². The molecule has 24 heavy (non-hydrogen) atoms. The number of hydrogen-bond acceptors (Lipinski definition) is 5. The van der Waals surface area contributed by atoms with Gasteiger partial charge in [0.05, 0.1) is 22.0 Å². The molecule has 0 saturated carbocycles. The minimum Gasteiger partial charge on any atom is -0.495 e. The van der Waals surface area contributed by atoms with Crippen LogP contribution in [0.1, 0.15) is 11.8 Å². The van der Waals surface area contributed by atoms with Gasteiger partial charge in [-0.3, -0.25) is 4.79 Å². The first kappa shape index (κ1) is 18.7. The number of nitrogens with zero attached hydrogens (tertiary/aromatic N) is 1. The zero-order valence-corrected chi connectivity index (χ0v) is 15.8. The maximum Gasteiger partial charge on any atom is 0.243 e. The van der Waals surface area contributed by atoms with Gasteiger partial charge in [0.2, 0.25) is 15.9 Å². The maximum atomic E-state index is 12.7. The number of carbonyl (C=O) groups excluding carboxylic acids is 1. The number of nitrogens with one attached hydrogen (secondary N) is 1. The molecule has 1 amide bonds. The molecule has 0 aliphatic heterocycles. The molecule has 0 radical (unpaired) electrons. The average molecular weight is 389 g/mol. The monoisotopic (exact) mass is 388 g/mol. The number of methoxy groups -OCH3 is 1. The van der Waals surface area contributed by atoms with Crippen molar-refractivity contribution in [2.45, 2.75) is 18.4 Å². The largest absolute Gasteiger partial charge is 0.495 e. The Kier molecular flexibility index (Phi) is 5.87. The highest BCUT2D eigenvalue weighted by Gasteiger charge is 2.23. The molecule has 0 unspecified atom stereocenters. The number of thiophene rings is 1. The maximum absolute atomic E-state index is 12.7. The molecule has 9 heteroatoms. The van der Waals surface area contributed by atoms with Gasteiger partial charge in [-0.05, 0) is 24.3 Å². The van der Waals surface area contributed by atoms with Gasteiger partial charge in [-0.15, -0.1) is 11.3 Å². The molecule has 2 aromatic rings. The first-order valence-corrected chi connectivity index (χ1v) is 9.53. The molecule has 0 fully saturated rings. The van der Waals surface area contributed by atoms with Gasteiger partial charge < -0.3 is 10.1 Å². The van der Waals surface area contributed by atoms with Crippen LogP contribution in [0.3, 0.4) is 0 Å². The van der Waals surface area contributed by atoms with Crippen LogP contribution < -0.4 is 10.1 Å². The van der Waals surface area contributed by atoms with Crippen LogP contribution in [-0.2, 0) is 21.4 Å². The Labute approximate surface area is 150 Å². The summed E-state index contributed by atoms with van der Waals surface area (Å²) in [4.78, 5) is 12.1. The topological polar surface area (TPSA) is 75.7 Å². The number of amides is 1. The summed E-state index contributed by atoms with van der Waals surface area (Å²) in [5.74, 6) is 0.00874. The number of hydrogen-bond donors (Lipinski definition) is 1. The molecule has 0 aliphatic carbocycles. The summed E-state index contributed by atoms with van der Waals surface area (Å²) in [6.45, 7) is 1.58. The van der Waals surface area contributed by atoms with Gasteiger partial charge in [-0.2, -0.15) is 4.31 Å². The van der Waals surface area contributed by atoms with Crippen molar-refractivity contribution in [1.82, 2.24) is 4.31 Å². The van der Waals surface area contributed by atoms with Crippen LogP contribution in [0, 0.1) is 0 Å². The lowest BCUT2D eigenvalue weighted by Crippen LogP contribution is -2.26. The highest BCUT2D eigenvalue weighted by molar-refractivity contribution is 7.89. The lowest BCUT2D eigenvalue weighted by atomic mass is 10.3. The van der Waals surface area contributed by atoms with E-state index in [1.54, 1.807) is 12.1 Å².